The smallest absolute Gasteiger partial charge is 0.475 e. The second-order valence-corrected chi connectivity index (χ2v) is 10.0. The first-order chi connectivity index (χ1) is 22.1. The Morgan fingerprint density at radius 1 is 0.935 bits per heavy atom. The third-order valence-electron chi connectivity index (χ3n) is 6.51. The largest absolute Gasteiger partial charge is 0.490 e. The van der Waals surface area contributed by atoms with Gasteiger partial charge in [0.2, 0.25) is 0 Å². The molecule has 5 aromatic rings. The minimum Gasteiger partial charge on any atom is -0.475 e. The number of benzene rings is 3. The molecule has 3 N–H and O–H groups in total. The summed E-state index contributed by atoms with van der Waals surface area (Å²) in [5, 5.41) is 30.0. The number of aliphatic carboxylic acids is 1. The van der Waals surface area contributed by atoms with Crippen LogP contribution < -0.4 is 15.5 Å². The Bertz CT molecular complexity index is 1810. The van der Waals surface area contributed by atoms with Crippen LogP contribution in [0.25, 0.3) is 11.4 Å². The lowest BCUT2D eigenvalue weighted by Crippen LogP contribution is -2.36. The van der Waals surface area contributed by atoms with E-state index in [0.717, 1.165) is 43.4 Å². The molecule has 1 aliphatic heterocycles. The summed E-state index contributed by atoms with van der Waals surface area (Å²) in [5.74, 6) is -2.58. The summed E-state index contributed by atoms with van der Waals surface area (Å²) >= 11 is 6.31. The molecule has 0 radical (unpaired) electrons. The monoisotopic (exact) mass is 655 g/mol. The number of para-hydroxylation sites is 1. The summed E-state index contributed by atoms with van der Waals surface area (Å²) in [6, 6.07) is 22.4. The highest BCUT2D eigenvalue weighted by Gasteiger charge is 2.38. The number of carboxylic acid groups (broad SMARTS) is 1. The van der Waals surface area contributed by atoms with Crippen LogP contribution in [0.5, 0.6) is 0 Å². The van der Waals surface area contributed by atoms with Crippen LogP contribution in [0.2, 0.25) is 5.02 Å². The first-order valence-corrected chi connectivity index (χ1v) is 14.0. The van der Waals surface area contributed by atoms with Crippen LogP contribution in [0, 0.1) is 0 Å². The van der Waals surface area contributed by atoms with E-state index in [0.29, 0.717) is 27.9 Å². The third kappa shape index (κ3) is 7.96. The lowest BCUT2D eigenvalue weighted by molar-refractivity contribution is -0.192. The molecule has 0 unspecified atom stereocenters. The van der Waals surface area contributed by atoms with Crippen molar-refractivity contribution in [3.63, 3.8) is 0 Å². The first-order valence-electron chi connectivity index (χ1n) is 13.6. The number of tetrazole rings is 1. The van der Waals surface area contributed by atoms with Crippen LogP contribution in [0.1, 0.15) is 10.4 Å². The summed E-state index contributed by atoms with van der Waals surface area (Å²) in [4.78, 5) is 24.1. The van der Waals surface area contributed by atoms with Crippen LogP contribution in [-0.4, -0.2) is 79.5 Å². The van der Waals surface area contributed by atoms with Crippen LogP contribution in [0.4, 0.5) is 36.2 Å². The molecular formula is C29H25ClF3N9O4. The minimum absolute atomic E-state index is 0.208. The fourth-order valence-electron chi connectivity index (χ4n) is 4.28. The topological polar surface area (TPSA) is 152 Å². The lowest BCUT2D eigenvalue weighted by atomic mass is 10.1. The molecule has 1 fully saturated rings. The van der Waals surface area contributed by atoms with E-state index in [1.54, 1.807) is 35.3 Å². The summed E-state index contributed by atoms with van der Waals surface area (Å²) in [6.45, 7) is 3.18. The standard InChI is InChI=1S/C27H24ClN9O2.C2HF3O2/c28-24-6-1-2-7-25(24)37-27(32-33-34-37)31-21-17-29-36(18-21)23-5-3-4-19(16-23)26(38)30-20-8-10-22(11-9-20)35-12-14-39-15-13-35;3-2(4,5)1(6)7/h1-11,16-18H,12-15H2,(H,30,38)(H,31,32,34);(H,6,7). The van der Waals surface area contributed by atoms with Crippen LogP contribution in [-0.2, 0) is 9.53 Å². The van der Waals surface area contributed by atoms with Gasteiger partial charge in [-0.25, -0.2) is 9.48 Å². The van der Waals surface area contributed by atoms with Gasteiger partial charge in [0.25, 0.3) is 11.9 Å². The van der Waals surface area contributed by atoms with E-state index in [2.05, 4.69) is 36.2 Å². The average molecular weight is 656 g/mol. The molecule has 0 aliphatic carbocycles. The van der Waals surface area contributed by atoms with Gasteiger partial charge < -0.3 is 25.4 Å². The molecule has 3 heterocycles. The Labute approximate surface area is 264 Å². The quantitative estimate of drug-likeness (QED) is 0.219. The molecule has 13 nitrogen and oxygen atoms in total. The van der Waals surface area contributed by atoms with E-state index in [1.807, 2.05) is 54.6 Å². The molecule has 238 valence electrons. The molecule has 0 atom stereocenters. The van der Waals surface area contributed by atoms with Crippen molar-refractivity contribution in [1.82, 2.24) is 30.0 Å². The second-order valence-electron chi connectivity index (χ2n) is 9.62. The highest BCUT2D eigenvalue weighted by molar-refractivity contribution is 6.32. The predicted molar refractivity (Wildman–Crippen MR) is 162 cm³/mol. The zero-order valence-electron chi connectivity index (χ0n) is 23.7. The number of ether oxygens (including phenoxy) is 1. The Balaban J connectivity index is 0.000000537. The summed E-state index contributed by atoms with van der Waals surface area (Å²) in [6.07, 6.45) is -1.65. The van der Waals surface area contributed by atoms with E-state index in [-0.39, 0.29) is 5.91 Å². The molecule has 0 spiro atoms. The minimum atomic E-state index is -5.08. The van der Waals surface area contributed by atoms with Crippen molar-refractivity contribution < 1.29 is 32.6 Å². The SMILES string of the molecule is O=C(Nc1ccc(N2CCOCC2)cc1)c1cccc(-n2cc(Nc3nnnn3-c3ccccc3Cl)cn2)c1.O=C(O)C(F)(F)F. The van der Waals surface area contributed by atoms with Crippen LogP contribution >= 0.6 is 11.6 Å². The Morgan fingerprint density at radius 2 is 1.65 bits per heavy atom. The number of hydrogen-bond donors (Lipinski definition) is 3. The number of nitrogens with zero attached hydrogens (tertiary/aromatic N) is 7. The number of amides is 1. The van der Waals surface area contributed by atoms with Crippen molar-refractivity contribution >= 4 is 46.5 Å². The summed E-state index contributed by atoms with van der Waals surface area (Å²) in [7, 11) is 0. The van der Waals surface area contributed by atoms with Crippen molar-refractivity contribution in [2.24, 2.45) is 0 Å². The predicted octanol–water partition coefficient (Wildman–Crippen LogP) is 4.97. The first kappa shape index (κ1) is 31.9. The van der Waals surface area contributed by atoms with E-state index < -0.39 is 12.1 Å². The maximum absolute atomic E-state index is 13.0. The highest BCUT2D eigenvalue weighted by atomic mass is 35.5. The molecule has 3 aromatic carbocycles. The van der Waals surface area contributed by atoms with E-state index >= 15 is 0 Å². The van der Waals surface area contributed by atoms with Crippen molar-refractivity contribution in [3.05, 3.63) is 95.8 Å². The Morgan fingerprint density at radius 3 is 2.35 bits per heavy atom. The zero-order chi connectivity index (χ0) is 32.7. The van der Waals surface area contributed by atoms with Gasteiger partial charge in [0.15, 0.2) is 0 Å². The molecular weight excluding hydrogens is 631 g/mol. The van der Waals surface area contributed by atoms with Crippen LogP contribution in [0.15, 0.2) is 85.2 Å². The van der Waals surface area contributed by atoms with Crippen molar-refractivity contribution in [2.75, 3.05) is 41.8 Å². The number of carbonyl (C=O) groups is 2. The molecule has 2 aromatic heterocycles. The Kier molecular flexibility index (Phi) is 9.78. The molecule has 46 heavy (non-hydrogen) atoms. The maximum atomic E-state index is 13.0. The number of carboxylic acids is 1. The lowest BCUT2D eigenvalue weighted by Gasteiger charge is -2.28. The fourth-order valence-corrected chi connectivity index (χ4v) is 4.49. The third-order valence-corrected chi connectivity index (χ3v) is 6.83. The number of anilines is 4. The number of hydrogen-bond acceptors (Lipinski definition) is 9. The van der Waals surface area contributed by atoms with Crippen molar-refractivity contribution in [1.29, 1.82) is 0 Å². The number of alkyl halides is 3. The van der Waals surface area contributed by atoms with Gasteiger partial charge in [0.05, 0.1) is 47.7 Å². The zero-order valence-corrected chi connectivity index (χ0v) is 24.5. The number of nitrogens with one attached hydrogen (secondary N) is 2. The molecule has 17 heteroatoms. The molecule has 0 bridgehead atoms. The van der Waals surface area contributed by atoms with Crippen LogP contribution in [0.3, 0.4) is 0 Å². The van der Waals surface area contributed by atoms with Crippen molar-refractivity contribution in [2.45, 2.75) is 6.18 Å². The number of rotatable bonds is 7. The fraction of sp³-hybridized carbons (Fsp3) is 0.172. The molecule has 0 saturated carbocycles. The normalized spacial score (nSPS) is 13.0. The van der Waals surface area contributed by atoms with E-state index in [1.165, 1.54) is 4.68 Å². The number of morpholine rings is 1. The van der Waals surface area contributed by atoms with Gasteiger partial charge in [-0.05, 0) is 65.0 Å². The van der Waals surface area contributed by atoms with Gasteiger partial charge >= 0.3 is 12.1 Å². The molecule has 1 saturated heterocycles. The van der Waals surface area contributed by atoms with Gasteiger partial charge in [-0.1, -0.05) is 34.9 Å². The second kappa shape index (κ2) is 14.1. The van der Waals surface area contributed by atoms with E-state index in [9.17, 15) is 18.0 Å². The summed E-state index contributed by atoms with van der Waals surface area (Å²) in [5.41, 5.74) is 4.38. The van der Waals surface area contributed by atoms with Gasteiger partial charge in [0, 0.05) is 30.0 Å². The van der Waals surface area contributed by atoms with Gasteiger partial charge in [-0.3, -0.25) is 4.79 Å². The molecule has 1 amide bonds. The number of aromatic nitrogens is 6. The maximum Gasteiger partial charge on any atom is 0.490 e. The Hall–Kier alpha value is -5.48. The average Bonchev–Trinajstić information content (AvgIpc) is 3.72. The van der Waals surface area contributed by atoms with Gasteiger partial charge in [-0.2, -0.15) is 23.0 Å². The van der Waals surface area contributed by atoms with Crippen molar-refractivity contribution in [3.8, 4) is 11.4 Å². The number of halogens is 4. The van der Waals surface area contributed by atoms with E-state index in [4.69, 9.17) is 26.2 Å². The highest BCUT2D eigenvalue weighted by Crippen LogP contribution is 2.24. The summed E-state index contributed by atoms with van der Waals surface area (Å²) < 4.78 is 40.3. The molecule has 6 rings (SSSR count). The van der Waals surface area contributed by atoms with Gasteiger partial charge in [0.1, 0.15) is 0 Å². The van der Waals surface area contributed by atoms with Gasteiger partial charge in [-0.15, -0.1) is 0 Å². The number of carbonyl (C=O) groups excluding carboxylic acids is 1. The molecule has 1 aliphatic rings.